The fourth-order valence-electron chi connectivity index (χ4n) is 4.80. The van der Waals surface area contributed by atoms with E-state index in [0.29, 0.717) is 12.8 Å². The van der Waals surface area contributed by atoms with Gasteiger partial charge in [0.15, 0.2) is 0 Å². The Morgan fingerprint density at radius 1 is 1.06 bits per heavy atom. The van der Waals surface area contributed by atoms with Crippen molar-refractivity contribution in [1.29, 1.82) is 5.26 Å². The molecule has 3 aliphatic rings. The Morgan fingerprint density at radius 2 is 1.71 bits per heavy atom. The number of hydrogen-bond donors (Lipinski definition) is 0. The Balaban J connectivity index is 1.39. The Bertz CT molecular complexity index is 1060. The molecule has 1 spiro atoms. The van der Waals surface area contributed by atoms with Crippen molar-refractivity contribution in [2.24, 2.45) is 5.41 Å². The van der Waals surface area contributed by atoms with E-state index in [0.717, 1.165) is 17.7 Å². The highest BCUT2D eigenvalue weighted by Gasteiger charge is 2.53. The molecule has 0 unspecified atom stereocenters. The standard InChI is InChI=1S/C21H24N4O5S/c22-14-16-5-1-2-6-17(16)31(29,30)24-11-9-23(10-12-24)19(27)15-25-18(26)13-21(20(25)28)7-3-4-8-21/h1-2,5-6H,3-4,7-13,15H2. The van der Waals surface area contributed by atoms with Crippen molar-refractivity contribution in [3.63, 3.8) is 0 Å². The van der Waals surface area contributed by atoms with E-state index in [4.69, 9.17) is 0 Å². The lowest BCUT2D eigenvalue weighted by Gasteiger charge is -2.34. The number of hydrogen-bond acceptors (Lipinski definition) is 6. The SMILES string of the molecule is N#Cc1ccccc1S(=O)(=O)N1CCN(C(=O)CN2C(=O)CC3(CCCC3)C2=O)CC1. The molecule has 0 radical (unpaired) electrons. The van der Waals surface area contributed by atoms with E-state index in [2.05, 4.69) is 0 Å². The lowest BCUT2D eigenvalue weighted by Crippen LogP contribution is -2.53. The van der Waals surface area contributed by atoms with E-state index in [9.17, 15) is 28.1 Å². The third-order valence-electron chi connectivity index (χ3n) is 6.56. The Hall–Kier alpha value is -2.77. The van der Waals surface area contributed by atoms with Crippen LogP contribution in [0.5, 0.6) is 0 Å². The molecule has 2 saturated heterocycles. The number of benzene rings is 1. The molecule has 2 aliphatic heterocycles. The van der Waals surface area contributed by atoms with Gasteiger partial charge in [-0.2, -0.15) is 9.57 Å². The molecule has 164 valence electrons. The molecule has 1 aromatic rings. The largest absolute Gasteiger partial charge is 0.338 e. The molecule has 0 bridgehead atoms. The van der Waals surface area contributed by atoms with Gasteiger partial charge in [-0.15, -0.1) is 0 Å². The molecule has 0 aromatic heterocycles. The van der Waals surface area contributed by atoms with Crippen LogP contribution in [-0.4, -0.2) is 73.0 Å². The van der Waals surface area contributed by atoms with Crippen LogP contribution < -0.4 is 0 Å². The topological polar surface area (TPSA) is 119 Å². The van der Waals surface area contributed by atoms with Gasteiger partial charge in [-0.25, -0.2) is 8.42 Å². The number of carbonyl (C=O) groups excluding carboxylic acids is 3. The van der Waals surface area contributed by atoms with Crippen LogP contribution >= 0.6 is 0 Å². The van der Waals surface area contributed by atoms with Gasteiger partial charge in [0.1, 0.15) is 12.6 Å². The summed E-state index contributed by atoms with van der Waals surface area (Å²) in [6, 6.07) is 7.91. The summed E-state index contributed by atoms with van der Waals surface area (Å²) in [5.74, 6) is -0.890. The van der Waals surface area contributed by atoms with E-state index < -0.39 is 15.4 Å². The molecule has 1 saturated carbocycles. The Morgan fingerprint density at radius 3 is 2.35 bits per heavy atom. The summed E-state index contributed by atoms with van der Waals surface area (Å²) in [5.41, 5.74) is -0.536. The number of nitriles is 1. The van der Waals surface area contributed by atoms with E-state index in [1.54, 1.807) is 12.1 Å². The number of sulfonamides is 1. The van der Waals surface area contributed by atoms with E-state index in [1.165, 1.54) is 21.3 Å². The lowest BCUT2D eigenvalue weighted by molar-refractivity contribution is -0.147. The molecule has 4 rings (SSSR count). The summed E-state index contributed by atoms with van der Waals surface area (Å²) >= 11 is 0. The van der Waals surface area contributed by atoms with Crippen LogP contribution in [-0.2, 0) is 24.4 Å². The first-order chi connectivity index (χ1) is 14.8. The summed E-state index contributed by atoms with van der Waals surface area (Å²) in [4.78, 5) is 40.4. The fourth-order valence-corrected chi connectivity index (χ4v) is 6.36. The third kappa shape index (κ3) is 3.72. The summed E-state index contributed by atoms with van der Waals surface area (Å²) in [7, 11) is -3.85. The molecule has 0 atom stereocenters. The summed E-state index contributed by atoms with van der Waals surface area (Å²) in [5, 5.41) is 9.20. The maximum atomic E-state index is 12.9. The van der Waals surface area contributed by atoms with Gasteiger partial charge >= 0.3 is 0 Å². The normalized spacial score (nSPS) is 21.6. The molecule has 3 fully saturated rings. The number of rotatable bonds is 4. The van der Waals surface area contributed by atoms with Gasteiger partial charge in [-0.05, 0) is 25.0 Å². The average Bonchev–Trinajstić information content (AvgIpc) is 3.34. The highest BCUT2D eigenvalue weighted by Crippen LogP contribution is 2.46. The van der Waals surface area contributed by atoms with Crippen molar-refractivity contribution in [1.82, 2.24) is 14.1 Å². The third-order valence-corrected chi connectivity index (χ3v) is 8.52. The van der Waals surface area contributed by atoms with Crippen molar-refractivity contribution in [3.8, 4) is 6.07 Å². The minimum absolute atomic E-state index is 0.0487. The monoisotopic (exact) mass is 444 g/mol. The summed E-state index contributed by atoms with van der Waals surface area (Å²) < 4.78 is 27.1. The quantitative estimate of drug-likeness (QED) is 0.631. The number of amides is 3. The van der Waals surface area contributed by atoms with E-state index in [1.807, 2.05) is 6.07 Å². The highest BCUT2D eigenvalue weighted by molar-refractivity contribution is 7.89. The van der Waals surface area contributed by atoms with Gasteiger partial charge in [0.25, 0.3) is 0 Å². The molecule has 31 heavy (non-hydrogen) atoms. The van der Waals surface area contributed by atoms with Crippen molar-refractivity contribution in [3.05, 3.63) is 29.8 Å². The van der Waals surface area contributed by atoms with Crippen LogP contribution in [0.4, 0.5) is 0 Å². The molecule has 0 N–H and O–H groups in total. The van der Waals surface area contributed by atoms with Crippen molar-refractivity contribution in [2.75, 3.05) is 32.7 Å². The fraction of sp³-hybridized carbons (Fsp3) is 0.524. The van der Waals surface area contributed by atoms with Crippen LogP contribution in [0, 0.1) is 16.7 Å². The first-order valence-electron chi connectivity index (χ1n) is 10.4. The maximum absolute atomic E-state index is 12.9. The lowest BCUT2D eigenvalue weighted by atomic mass is 9.84. The van der Waals surface area contributed by atoms with E-state index in [-0.39, 0.29) is 67.3 Å². The minimum Gasteiger partial charge on any atom is -0.338 e. The molecule has 1 aromatic carbocycles. The predicted molar refractivity (Wildman–Crippen MR) is 109 cm³/mol. The molecule has 2 heterocycles. The van der Waals surface area contributed by atoms with Crippen LogP contribution in [0.25, 0.3) is 0 Å². The van der Waals surface area contributed by atoms with Crippen molar-refractivity contribution >= 4 is 27.7 Å². The first-order valence-corrected chi connectivity index (χ1v) is 11.8. The zero-order chi connectivity index (χ0) is 22.2. The molecule has 3 amide bonds. The van der Waals surface area contributed by atoms with Gasteiger partial charge in [-0.3, -0.25) is 19.3 Å². The van der Waals surface area contributed by atoms with Gasteiger partial charge < -0.3 is 4.90 Å². The van der Waals surface area contributed by atoms with E-state index >= 15 is 0 Å². The smallest absolute Gasteiger partial charge is 0.244 e. The Kier molecular flexibility index (Phi) is 5.58. The molecular formula is C21H24N4O5S. The second-order valence-corrected chi connectivity index (χ2v) is 10.2. The predicted octanol–water partition coefficient (Wildman–Crippen LogP) is 0.710. The minimum atomic E-state index is -3.85. The second-order valence-electron chi connectivity index (χ2n) is 8.34. The first kappa shape index (κ1) is 21.5. The van der Waals surface area contributed by atoms with Gasteiger partial charge in [0, 0.05) is 32.6 Å². The van der Waals surface area contributed by atoms with Crippen molar-refractivity contribution in [2.45, 2.75) is 37.0 Å². The number of carbonyl (C=O) groups is 3. The summed E-state index contributed by atoms with van der Waals surface area (Å²) in [6.07, 6.45) is 3.42. The number of likely N-dealkylation sites (tertiary alicyclic amines) is 1. The number of piperazine rings is 1. The summed E-state index contributed by atoms with van der Waals surface area (Å²) in [6.45, 7) is 0.199. The number of imide groups is 1. The van der Waals surface area contributed by atoms with Crippen LogP contribution in [0.3, 0.4) is 0 Å². The molecule has 1 aliphatic carbocycles. The van der Waals surface area contributed by atoms with Crippen LogP contribution in [0.15, 0.2) is 29.2 Å². The highest BCUT2D eigenvalue weighted by atomic mass is 32.2. The molecule has 10 heteroatoms. The second kappa shape index (κ2) is 8.05. The molecular weight excluding hydrogens is 420 g/mol. The van der Waals surface area contributed by atoms with Gasteiger partial charge in [0.05, 0.1) is 15.9 Å². The molecule has 9 nitrogen and oxygen atoms in total. The average molecular weight is 445 g/mol. The van der Waals surface area contributed by atoms with Crippen LogP contribution in [0.2, 0.25) is 0 Å². The van der Waals surface area contributed by atoms with Crippen LogP contribution in [0.1, 0.15) is 37.7 Å². The zero-order valence-corrected chi connectivity index (χ0v) is 17.9. The Labute approximate surface area is 181 Å². The van der Waals surface area contributed by atoms with Gasteiger partial charge in [0.2, 0.25) is 27.7 Å². The van der Waals surface area contributed by atoms with Crippen molar-refractivity contribution < 1.29 is 22.8 Å². The number of nitrogens with zero attached hydrogens (tertiary/aromatic N) is 4. The maximum Gasteiger partial charge on any atom is 0.244 e. The van der Waals surface area contributed by atoms with Gasteiger partial charge in [-0.1, -0.05) is 25.0 Å². The zero-order valence-electron chi connectivity index (χ0n) is 17.1.